The van der Waals surface area contributed by atoms with Gasteiger partial charge in [0.05, 0.1) is 5.60 Å². The van der Waals surface area contributed by atoms with Gasteiger partial charge in [-0.25, -0.2) is 0 Å². The minimum Gasteiger partial charge on any atom is -0.390 e. The highest BCUT2D eigenvalue weighted by Crippen LogP contribution is 2.24. The van der Waals surface area contributed by atoms with Crippen molar-refractivity contribution in [3.63, 3.8) is 0 Å². The first-order valence-corrected chi connectivity index (χ1v) is 6.83. The van der Waals surface area contributed by atoms with Crippen LogP contribution in [0.2, 0.25) is 0 Å². The van der Waals surface area contributed by atoms with E-state index in [1.165, 1.54) is 32.4 Å². The van der Waals surface area contributed by atoms with E-state index in [9.17, 15) is 5.11 Å². The second-order valence-electron chi connectivity index (χ2n) is 6.34. The van der Waals surface area contributed by atoms with Gasteiger partial charge in [0.25, 0.3) is 0 Å². The van der Waals surface area contributed by atoms with Gasteiger partial charge >= 0.3 is 0 Å². The summed E-state index contributed by atoms with van der Waals surface area (Å²) in [5, 5.41) is 9.73. The molecule has 0 radical (unpaired) electrons. The van der Waals surface area contributed by atoms with E-state index < -0.39 is 5.60 Å². The monoisotopic (exact) mass is 227 g/mol. The highest BCUT2D eigenvalue weighted by molar-refractivity contribution is 4.74. The Morgan fingerprint density at radius 3 is 2.50 bits per heavy atom. The van der Waals surface area contributed by atoms with Gasteiger partial charge in [0.2, 0.25) is 0 Å². The van der Waals surface area contributed by atoms with E-state index in [0.29, 0.717) is 0 Å². The molecular weight excluding hydrogens is 198 g/mol. The summed E-state index contributed by atoms with van der Waals surface area (Å²) in [6.45, 7) is 12.0. The maximum atomic E-state index is 9.73. The van der Waals surface area contributed by atoms with Crippen LogP contribution in [0.1, 0.15) is 53.4 Å². The second-order valence-corrected chi connectivity index (χ2v) is 6.34. The van der Waals surface area contributed by atoms with Crippen LogP contribution in [-0.4, -0.2) is 35.2 Å². The van der Waals surface area contributed by atoms with E-state index in [0.717, 1.165) is 24.8 Å². The molecule has 16 heavy (non-hydrogen) atoms. The first-order chi connectivity index (χ1) is 7.38. The normalized spacial score (nSPS) is 24.8. The van der Waals surface area contributed by atoms with E-state index in [2.05, 4.69) is 18.7 Å². The number of likely N-dealkylation sites (tertiary alicyclic amines) is 1. The smallest absolute Gasteiger partial charge is 0.0603 e. The summed E-state index contributed by atoms with van der Waals surface area (Å²) >= 11 is 0. The molecule has 1 heterocycles. The van der Waals surface area contributed by atoms with Gasteiger partial charge in [-0.1, -0.05) is 13.8 Å². The predicted molar refractivity (Wildman–Crippen MR) is 69.5 cm³/mol. The minimum absolute atomic E-state index is 0.510. The molecule has 1 N–H and O–H groups in total. The van der Waals surface area contributed by atoms with Crippen LogP contribution in [0.4, 0.5) is 0 Å². The van der Waals surface area contributed by atoms with Gasteiger partial charge in [-0.15, -0.1) is 0 Å². The number of hydrogen-bond acceptors (Lipinski definition) is 2. The van der Waals surface area contributed by atoms with E-state index in [1.54, 1.807) is 0 Å². The maximum Gasteiger partial charge on any atom is 0.0603 e. The number of rotatable bonds is 4. The van der Waals surface area contributed by atoms with Crippen molar-refractivity contribution in [3.05, 3.63) is 0 Å². The number of aliphatic hydroxyl groups is 1. The minimum atomic E-state index is -0.510. The lowest BCUT2D eigenvalue weighted by Crippen LogP contribution is -2.31. The van der Waals surface area contributed by atoms with Gasteiger partial charge in [0.1, 0.15) is 0 Å². The SMILES string of the molecule is CC(C)C1CCCN(CCC(C)(C)O)CC1. The molecule has 1 atom stereocenters. The molecule has 1 unspecified atom stereocenters. The molecule has 2 heteroatoms. The summed E-state index contributed by atoms with van der Waals surface area (Å²) in [6.07, 6.45) is 4.94. The van der Waals surface area contributed by atoms with Crippen molar-refractivity contribution in [2.24, 2.45) is 11.8 Å². The third kappa shape index (κ3) is 5.31. The zero-order chi connectivity index (χ0) is 12.2. The zero-order valence-corrected chi connectivity index (χ0v) is 11.5. The molecule has 1 fully saturated rings. The number of hydrogen-bond donors (Lipinski definition) is 1. The van der Waals surface area contributed by atoms with Gasteiger partial charge in [-0.3, -0.25) is 0 Å². The fraction of sp³-hybridized carbons (Fsp3) is 1.00. The Morgan fingerprint density at radius 1 is 1.25 bits per heavy atom. The molecule has 2 nitrogen and oxygen atoms in total. The van der Waals surface area contributed by atoms with Crippen molar-refractivity contribution in [2.45, 2.75) is 59.0 Å². The summed E-state index contributed by atoms with van der Waals surface area (Å²) in [5.74, 6) is 1.74. The second kappa shape index (κ2) is 6.02. The molecule has 0 aromatic carbocycles. The van der Waals surface area contributed by atoms with Crippen molar-refractivity contribution < 1.29 is 5.11 Å². The molecular formula is C14H29NO. The molecule has 0 saturated carbocycles. The zero-order valence-electron chi connectivity index (χ0n) is 11.5. The average Bonchev–Trinajstić information content (AvgIpc) is 2.38. The summed E-state index contributed by atoms with van der Waals surface area (Å²) < 4.78 is 0. The fourth-order valence-electron chi connectivity index (χ4n) is 2.50. The van der Waals surface area contributed by atoms with Crippen LogP contribution in [0, 0.1) is 11.8 Å². The summed E-state index contributed by atoms with van der Waals surface area (Å²) in [7, 11) is 0. The van der Waals surface area contributed by atoms with Gasteiger partial charge in [-0.2, -0.15) is 0 Å². The Balaban J connectivity index is 2.30. The molecule has 1 aliphatic heterocycles. The third-order valence-corrected chi connectivity index (χ3v) is 3.85. The molecule has 1 aliphatic rings. The Labute approximate surface area is 101 Å². The van der Waals surface area contributed by atoms with Crippen LogP contribution in [0.15, 0.2) is 0 Å². The highest BCUT2D eigenvalue weighted by atomic mass is 16.3. The van der Waals surface area contributed by atoms with Gasteiger partial charge in [-0.05, 0) is 64.5 Å². The standard InChI is InChI=1S/C14H29NO/c1-12(2)13-6-5-9-15(10-7-13)11-8-14(3,4)16/h12-13,16H,5-11H2,1-4H3. The lowest BCUT2D eigenvalue weighted by molar-refractivity contribution is 0.0579. The lowest BCUT2D eigenvalue weighted by Gasteiger charge is -2.25. The van der Waals surface area contributed by atoms with Crippen LogP contribution in [-0.2, 0) is 0 Å². The van der Waals surface area contributed by atoms with Crippen LogP contribution >= 0.6 is 0 Å². The first kappa shape index (κ1) is 14.0. The van der Waals surface area contributed by atoms with E-state index >= 15 is 0 Å². The Kier molecular flexibility index (Phi) is 5.26. The van der Waals surface area contributed by atoms with Crippen LogP contribution in [0.3, 0.4) is 0 Å². The van der Waals surface area contributed by atoms with Crippen molar-refractivity contribution in [3.8, 4) is 0 Å². The van der Waals surface area contributed by atoms with Crippen molar-refractivity contribution in [2.75, 3.05) is 19.6 Å². The van der Waals surface area contributed by atoms with Crippen molar-refractivity contribution >= 4 is 0 Å². The summed E-state index contributed by atoms with van der Waals surface area (Å²) in [5.41, 5.74) is -0.510. The van der Waals surface area contributed by atoms with Gasteiger partial charge < -0.3 is 10.0 Å². The fourth-order valence-corrected chi connectivity index (χ4v) is 2.50. The molecule has 0 amide bonds. The predicted octanol–water partition coefficient (Wildman–Crippen LogP) is 2.91. The van der Waals surface area contributed by atoms with Gasteiger partial charge in [0, 0.05) is 6.54 Å². The van der Waals surface area contributed by atoms with Crippen LogP contribution in [0.25, 0.3) is 0 Å². The molecule has 0 bridgehead atoms. The lowest BCUT2D eigenvalue weighted by atomic mass is 9.89. The Morgan fingerprint density at radius 2 is 1.94 bits per heavy atom. The average molecular weight is 227 g/mol. The van der Waals surface area contributed by atoms with Gasteiger partial charge in [0.15, 0.2) is 0 Å². The largest absolute Gasteiger partial charge is 0.390 e. The molecule has 1 saturated heterocycles. The Bertz CT molecular complexity index is 195. The number of nitrogens with zero attached hydrogens (tertiary/aromatic N) is 1. The Hall–Kier alpha value is -0.0800. The van der Waals surface area contributed by atoms with E-state index in [4.69, 9.17) is 0 Å². The van der Waals surface area contributed by atoms with Crippen molar-refractivity contribution in [1.82, 2.24) is 4.90 Å². The first-order valence-electron chi connectivity index (χ1n) is 6.83. The molecule has 1 rings (SSSR count). The van der Waals surface area contributed by atoms with E-state index in [-0.39, 0.29) is 0 Å². The quantitative estimate of drug-likeness (QED) is 0.798. The molecule has 96 valence electrons. The molecule has 0 aromatic heterocycles. The van der Waals surface area contributed by atoms with Crippen LogP contribution < -0.4 is 0 Å². The highest BCUT2D eigenvalue weighted by Gasteiger charge is 2.21. The topological polar surface area (TPSA) is 23.5 Å². The summed E-state index contributed by atoms with van der Waals surface area (Å²) in [4.78, 5) is 2.53. The molecule has 0 aromatic rings. The van der Waals surface area contributed by atoms with Crippen molar-refractivity contribution in [1.29, 1.82) is 0 Å². The maximum absolute atomic E-state index is 9.73. The summed E-state index contributed by atoms with van der Waals surface area (Å²) in [6, 6.07) is 0. The molecule has 0 aliphatic carbocycles. The third-order valence-electron chi connectivity index (χ3n) is 3.85. The molecule has 0 spiro atoms. The van der Waals surface area contributed by atoms with Crippen LogP contribution in [0.5, 0.6) is 0 Å². The van der Waals surface area contributed by atoms with E-state index in [1.807, 2.05) is 13.8 Å².